The molecule has 2 aliphatic rings. The van der Waals surface area contributed by atoms with Gasteiger partial charge in [-0.15, -0.1) is 0 Å². The van der Waals surface area contributed by atoms with Crippen LogP contribution >= 0.6 is 0 Å². The molecular formula is C21H27N3. The van der Waals surface area contributed by atoms with Crippen molar-refractivity contribution in [3.05, 3.63) is 65.5 Å². The average molecular weight is 321 g/mol. The number of likely N-dealkylation sites (tertiary alicyclic amines) is 1. The van der Waals surface area contributed by atoms with E-state index in [1.54, 1.807) is 5.56 Å². The maximum atomic E-state index is 4.09. The van der Waals surface area contributed by atoms with Crippen LogP contribution in [0.4, 0.5) is 0 Å². The number of aromatic nitrogens is 1. The number of nitrogens with zero attached hydrogens (tertiary/aromatic N) is 2. The lowest BCUT2D eigenvalue weighted by atomic mass is 10.0. The van der Waals surface area contributed by atoms with Crippen molar-refractivity contribution in [2.45, 2.75) is 44.2 Å². The number of hydrogen-bond acceptors (Lipinski definition) is 3. The van der Waals surface area contributed by atoms with Gasteiger partial charge in [0.2, 0.25) is 0 Å². The third-order valence-electron chi connectivity index (χ3n) is 5.62. The van der Waals surface area contributed by atoms with Crippen molar-refractivity contribution in [2.75, 3.05) is 19.6 Å². The molecule has 1 N–H and O–H groups in total. The number of piperidine rings is 1. The molecule has 2 aromatic rings. The van der Waals surface area contributed by atoms with E-state index in [1.807, 2.05) is 12.4 Å². The highest BCUT2D eigenvalue weighted by Gasteiger charge is 2.26. The zero-order valence-electron chi connectivity index (χ0n) is 14.3. The van der Waals surface area contributed by atoms with E-state index in [9.17, 15) is 0 Å². The van der Waals surface area contributed by atoms with Gasteiger partial charge in [-0.2, -0.15) is 0 Å². The zero-order chi connectivity index (χ0) is 16.2. The molecule has 0 amide bonds. The number of hydrogen-bond donors (Lipinski definition) is 1. The quantitative estimate of drug-likeness (QED) is 0.915. The molecular weight excluding hydrogens is 294 g/mol. The molecule has 0 bridgehead atoms. The minimum absolute atomic E-state index is 0.578. The highest BCUT2D eigenvalue weighted by Crippen LogP contribution is 2.31. The van der Waals surface area contributed by atoms with E-state index < -0.39 is 0 Å². The Bertz CT molecular complexity index is 647. The largest absolute Gasteiger partial charge is 0.307 e. The number of benzene rings is 1. The van der Waals surface area contributed by atoms with Crippen LogP contribution in [0.1, 0.15) is 42.0 Å². The van der Waals surface area contributed by atoms with E-state index in [0.717, 1.165) is 6.42 Å². The Morgan fingerprint density at radius 2 is 1.79 bits per heavy atom. The molecule has 1 aliphatic carbocycles. The lowest BCUT2D eigenvalue weighted by Gasteiger charge is -2.34. The van der Waals surface area contributed by atoms with E-state index in [-0.39, 0.29) is 0 Å². The summed E-state index contributed by atoms with van der Waals surface area (Å²) in [4.78, 5) is 6.71. The van der Waals surface area contributed by atoms with Crippen molar-refractivity contribution >= 4 is 0 Å². The fourth-order valence-corrected chi connectivity index (χ4v) is 4.17. The number of nitrogens with one attached hydrogen (secondary N) is 1. The second-order valence-corrected chi connectivity index (χ2v) is 7.18. The molecule has 1 aromatic heterocycles. The zero-order valence-corrected chi connectivity index (χ0v) is 14.3. The minimum Gasteiger partial charge on any atom is -0.307 e. The van der Waals surface area contributed by atoms with Crippen molar-refractivity contribution in [1.82, 2.24) is 15.2 Å². The summed E-state index contributed by atoms with van der Waals surface area (Å²) in [5.74, 6) is 0. The molecule has 3 nitrogen and oxygen atoms in total. The topological polar surface area (TPSA) is 28.2 Å². The molecule has 0 unspecified atom stereocenters. The molecule has 3 heteroatoms. The fraction of sp³-hybridized carbons (Fsp3) is 0.476. The van der Waals surface area contributed by atoms with Gasteiger partial charge in [0.05, 0.1) is 0 Å². The van der Waals surface area contributed by atoms with E-state index >= 15 is 0 Å². The monoisotopic (exact) mass is 321 g/mol. The molecule has 1 atom stereocenters. The van der Waals surface area contributed by atoms with Crippen LogP contribution in [-0.4, -0.2) is 35.6 Å². The smallest absolute Gasteiger partial charge is 0.0328 e. The Labute approximate surface area is 145 Å². The predicted molar refractivity (Wildman–Crippen MR) is 98.0 cm³/mol. The van der Waals surface area contributed by atoms with Crippen molar-refractivity contribution < 1.29 is 0 Å². The fourth-order valence-electron chi connectivity index (χ4n) is 4.17. The van der Waals surface area contributed by atoms with Gasteiger partial charge in [0, 0.05) is 31.0 Å². The average Bonchev–Trinajstić information content (AvgIpc) is 3.05. The second kappa shape index (κ2) is 7.45. The highest BCUT2D eigenvalue weighted by atomic mass is 15.1. The summed E-state index contributed by atoms with van der Waals surface area (Å²) in [6, 6.07) is 14.5. The van der Waals surface area contributed by atoms with Crippen LogP contribution in [0.15, 0.2) is 48.8 Å². The minimum atomic E-state index is 0.578. The van der Waals surface area contributed by atoms with Crippen LogP contribution in [0.2, 0.25) is 0 Å². The van der Waals surface area contributed by atoms with E-state index in [4.69, 9.17) is 0 Å². The van der Waals surface area contributed by atoms with E-state index in [2.05, 4.69) is 51.6 Å². The molecule has 24 heavy (non-hydrogen) atoms. The maximum Gasteiger partial charge on any atom is 0.0328 e. The van der Waals surface area contributed by atoms with Gasteiger partial charge in [-0.3, -0.25) is 4.98 Å². The Morgan fingerprint density at radius 1 is 1.00 bits per heavy atom. The first-order chi connectivity index (χ1) is 11.9. The van der Waals surface area contributed by atoms with Crippen LogP contribution in [0.5, 0.6) is 0 Å². The molecule has 1 fully saturated rings. The first kappa shape index (κ1) is 15.8. The Kier molecular flexibility index (Phi) is 4.91. The third kappa shape index (κ3) is 3.68. The number of rotatable bonds is 5. The molecule has 126 valence electrons. The van der Waals surface area contributed by atoms with Gasteiger partial charge in [-0.25, -0.2) is 0 Å². The maximum absolute atomic E-state index is 4.09. The van der Waals surface area contributed by atoms with E-state index in [1.165, 1.54) is 56.4 Å². The van der Waals surface area contributed by atoms with Crippen LogP contribution in [0.25, 0.3) is 0 Å². The molecule has 0 saturated carbocycles. The number of fused-ring (bicyclic) bond motifs is 1. The van der Waals surface area contributed by atoms with Gasteiger partial charge in [0.25, 0.3) is 0 Å². The SMILES string of the molecule is c1ccc2c(c1)CC[C@H]2NC1CCN(CCc2ccncc2)CC1. The van der Waals surface area contributed by atoms with Crippen LogP contribution in [0.3, 0.4) is 0 Å². The number of pyridine rings is 1. The van der Waals surface area contributed by atoms with Gasteiger partial charge in [-0.05, 0) is 74.0 Å². The van der Waals surface area contributed by atoms with Crippen LogP contribution < -0.4 is 5.32 Å². The van der Waals surface area contributed by atoms with Crippen LogP contribution in [0, 0.1) is 0 Å². The lowest BCUT2D eigenvalue weighted by molar-refractivity contribution is 0.192. The van der Waals surface area contributed by atoms with Crippen LogP contribution in [-0.2, 0) is 12.8 Å². The van der Waals surface area contributed by atoms with Gasteiger partial charge in [-0.1, -0.05) is 24.3 Å². The summed E-state index contributed by atoms with van der Waals surface area (Å²) in [6.45, 7) is 3.61. The standard InChI is InChI=1S/C21H27N3/c1-2-4-20-18(3-1)5-6-21(20)23-19-10-15-24(16-11-19)14-9-17-7-12-22-13-8-17/h1-4,7-8,12-13,19,21,23H,5-6,9-11,14-16H2/t21-/m1/s1. The van der Waals surface area contributed by atoms with Gasteiger partial charge in [0.15, 0.2) is 0 Å². The second-order valence-electron chi connectivity index (χ2n) is 7.18. The molecule has 1 aliphatic heterocycles. The Balaban J connectivity index is 1.24. The Morgan fingerprint density at radius 3 is 2.62 bits per heavy atom. The van der Waals surface area contributed by atoms with E-state index in [0.29, 0.717) is 12.1 Å². The normalized spacial score (nSPS) is 21.8. The summed E-state index contributed by atoms with van der Waals surface area (Å²) < 4.78 is 0. The van der Waals surface area contributed by atoms with Crippen molar-refractivity contribution in [3.63, 3.8) is 0 Å². The summed E-state index contributed by atoms with van der Waals surface area (Å²) in [7, 11) is 0. The van der Waals surface area contributed by atoms with Crippen molar-refractivity contribution in [2.24, 2.45) is 0 Å². The molecule has 1 saturated heterocycles. The molecule has 2 heterocycles. The molecule has 1 aromatic carbocycles. The van der Waals surface area contributed by atoms with Gasteiger partial charge < -0.3 is 10.2 Å². The van der Waals surface area contributed by atoms with Gasteiger partial charge >= 0.3 is 0 Å². The predicted octanol–water partition coefficient (Wildman–Crippen LogP) is 3.37. The third-order valence-corrected chi connectivity index (χ3v) is 5.62. The van der Waals surface area contributed by atoms with Crippen molar-refractivity contribution in [1.29, 1.82) is 0 Å². The molecule has 0 spiro atoms. The number of aryl methyl sites for hydroxylation is 1. The Hall–Kier alpha value is -1.71. The summed E-state index contributed by atoms with van der Waals surface area (Å²) in [5.41, 5.74) is 4.48. The van der Waals surface area contributed by atoms with Crippen molar-refractivity contribution in [3.8, 4) is 0 Å². The summed E-state index contributed by atoms with van der Waals surface area (Å²) in [6.07, 6.45) is 9.97. The first-order valence-corrected chi connectivity index (χ1v) is 9.33. The first-order valence-electron chi connectivity index (χ1n) is 9.33. The molecule has 4 rings (SSSR count). The summed E-state index contributed by atoms with van der Waals surface area (Å²) in [5, 5.41) is 3.93. The molecule has 0 radical (unpaired) electrons. The summed E-state index contributed by atoms with van der Waals surface area (Å²) >= 11 is 0. The van der Waals surface area contributed by atoms with Gasteiger partial charge in [0.1, 0.15) is 0 Å². The highest BCUT2D eigenvalue weighted by molar-refractivity contribution is 5.34. The lowest BCUT2D eigenvalue weighted by Crippen LogP contribution is -2.43.